The van der Waals surface area contributed by atoms with Crippen molar-refractivity contribution in [3.63, 3.8) is 0 Å². The molecule has 0 amide bonds. The Hall–Kier alpha value is -3.22. The van der Waals surface area contributed by atoms with Crippen molar-refractivity contribution in [1.29, 1.82) is 0 Å². The number of esters is 1. The molecular formula is C26H32N3O4+. The molecule has 7 heteroatoms. The molecule has 0 saturated heterocycles. The van der Waals surface area contributed by atoms with Gasteiger partial charge >= 0.3 is 5.97 Å². The lowest BCUT2D eigenvalue weighted by Gasteiger charge is -2.36. The van der Waals surface area contributed by atoms with Crippen molar-refractivity contribution in [3.05, 3.63) is 58.6 Å². The van der Waals surface area contributed by atoms with Crippen molar-refractivity contribution in [2.75, 3.05) is 0 Å². The molecule has 1 unspecified atom stereocenters. The first-order valence-electron chi connectivity index (χ1n) is 11.7. The predicted octanol–water partition coefficient (Wildman–Crippen LogP) is 5.05. The van der Waals surface area contributed by atoms with E-state index in [1.807, 2.05) is 46.5 Å². The first kappa shape index (κ1) is 23.0. The van der Waals surface area contributed by atoms with Gasteiger partial charge in [0, 0.05) is 12.1 Å². The van der Waals surface area contributed by atoms with Crippen molar-refractivity contribution >= 4 is 22.7 Å². The number of rotatable bonds is 6. The molecule has 174 valence electrons. The van der Waals surface area contributed by atoms with E-state index < -0.39 is 4.92 Å². The molecule has 4 rings (SSSR count). The summed E-state index contributed by atoms with van der Waals surface area (Å²) in [7, 11) is 1.91. The molecular weight excluding hydrogens is 418 g/mol. The number of para-hydroxylation sites is 2. The van der Waals surface area contributed by atoms with Crippen molar-refractivity contribution in [1.82, 2.24) is 4.57 Å². The third-order valence-corrected chi connectivity index (χ3v) is 6.95. The monoisotopic (exact) mass is 450 g/mol. The van der Waals surface area contributed by atoms with Gasteiger partial charge in [0.05, 0.1) is 17.5 Å². The van der Waals surface area contributed by atoms with Gasteiger partial charge in [-0.25, -0.2) is 13.9 Å². The van der Waals surface area contributed by atoms with Crippen LogP contribution >= 0.6 is 0 Å². The molecule has 1 aromatic heterocycles. The molecule has 0 radical (unpaired) electrons. The van der Waals surface area contributed by atoms with Gasteiger partial charge in [0.1, 0.15) is 6.10 Å². The number of nitro groups is 1. The SMILES string of the molecule is CC(C)[C@@H]1CC[C@@H](C)CC1OC(=O)Cn1c(-c2cccc([N+](=O)[O-])c2)[n+](C)c2ccccc21. The van der Waals surface area contributed by atoms with Gasteiger partial charge in [0.25, 0.3) is 11.5 Å². The van der Waals surface area contributed by atoms with Crippen molar-refractivity contribution in [2.45, 2.75) is 52.7 Å². The minimum Gasteiger partial charge on any atom is -0.459 e. The van der Waals surface area contributed by atoms with E-state index in [-0.39, 0.29) is 24.3 Å². The van der Waals surface area contributed by atoms with Crippen molar-refractivity contribution in [2.24, 2.45) is 24.8 Å². The predicted molar refractivity (Wildman–Crippen MR) is 126 cm³/mol. The maximum atomic E-state index is 13.2. The van der Waals surface area contributed by atoms with Crippen LogP contribution in [0.25, 0.3) is 22.4 Å². The maximum Gasteiger partial charge on any atom is 0.348 e. The summed E-state index contributed by atoms with van der Waals surface area (Å²) >= 11 is 0. The summed E-state index contributed by atoms with van der Waals surface area (Å²) < 4.78 is 9.96. The van der Waals surface area contributed by atoms with Gasteiger partial charge in [-0.15, -0.1) is 0 Å². The Morgan fingerprint density at radius 1 is 1.21 bits per heavy atom. The van der Waals surface area contributed by atoms with Gasteiger partial charge in [0.2, 0.25) is 0 Å². The van der Waals surface area contributed by atoms with E-state index in [4.69, 9.17) is 4.74 Å². The highest BCUT2D eigenvalue weighted by Crippen LogP contribution is 2.35. The fourth-order valence-electron chi connectivity index (χ4n) is 5.24. The van der Waals surface area contributed by atoms with E-state index in [1.165, 1.54) is 12.5 Å². The van der Waals surface area contributed by atoms with E-state index in [9.17, 15) is 14.9 Å². The van der Waals surface area contributed by atoms with E-state index in [0.717, 1.165) is 29.7 Å². The molecule has 0 spiro atoms. The average Bonchev–Trinajstić information content (AvgIpc) is 3.05. The van der Waals surface area contributed by atoms with Gasteiger partial charge in [-0.3, -0.25) is 10.1 Å². The number of ether oxygens (including phenoxy) is 1. The van der Waals surface area contributed by atoms with Gasteiger partial charge in [-0.1, -0.05) is 45.4 Å². The van der Waals surface area contributed by atoms with E-state index in [1.54, 1.807) is 12.1 Å². The van der Waals surface area contributed by atoms with E-state index in [0.29, 0.717) is 23.3 Å². The number of hydrogen-bond acceptors (Lipinski definition) is 4. The molecule has 33 heavy (non-hydrogen) atoms. The standard InChI is InChI=1S/C26H32N3O4/c1-17(2)21-13-12-18(3)14-24(21)33-25(30)16-28-23-11-6-5-10-22(23)27(4)26(28)19-8-7-9-20(15-19)29(31)32/h5-11,15,17-18,21,24H,12-14,16H2,1-4H3/q+1/t18-,21+,24?/m1/s1. The Labute approximate surface area is 194 Å². The number of aromatic nitrogens is 2. The number of benzene rings is 2. The summed E-state index contributed by atoms with van der Waals surface area (Å²) in [6.45, 7) is 6.66. The summed E-state index contributed by atoms with van der Waals surface area (Å²) in [4.78, 5) is 24.2. The van der Waals surface area contributed by atoms with Crippen LogP contribution in [-0.4, -0.2) is 21.6 Å². The average molecular weight is 451 g/mol. The number of carbonyl (C=O) groups is 1. The van der Waals surface area contributed by atoms with Crippen LogP contribution in [0.5, 0.6) is 0 Å². The van der Waals surface area contributed by atoms with Crippen LogP contribution in [0.4, 0.5) is 5.69 Å². The molecule has 2 aromatic carbocycles. The summed E-state index contributed by atoms with van der Waals surface area (Å²) in [5.41, 5.74) is 2.53. The molecule has 1 fully saturated rings. The van der Waals surface area contributed by atoms with E-state index >= 15 is 0 Å². The maximum absolute atomic E-state index is 13.2. The van der Waals surface area contributed by atoms with Crippen LogP contribution in [0.15, 0.2) is 48.5 Å². The Kier molecular flexibility index (Phi) is 6.49. The fourth-order valence-corrected chi connectivity index (χ4v) is 5.24. The highest BCUT2D eigenvalue weighted by Gasteiger charge is 2.35. The van der Waals surface area contributed by atoms with Crippen LogP contribution in [0.3, 0.4) is 0 Å². The topological polar surface area (TPSA) is 78.2 Å². The highest BCUT2D eigenvalue weighted by atomic mass is 16.6. The molecule has 1 aliphatic rings. The van der Waals surface area contributed by atoms with E-state index in [2.05, 4.69) is 20.8 Å². The summed E-state index contributed by atoms with van der Waals surface area (Å²) in [5, 5.41) is 11.4. The lowest BCUT2D eigenvalue weighted by atomic mass is 9.75. The molecule has 0 aliphatic heterocycles. The third kappa shape index (κ3) is 4.63. The first-order valence-corrected chi connectivity index (χ1v) is 11.7. The molecule has 0 bridgehead atoms. The van der Waals surface area contributed by atoms with Crippen LogP contribution in [-0.2, 0) is 23.1 Å². The molecule has 7 nitrogen and oxygen atoms in total. The van der Waals surface area contributed by atoms with Gasteiger partial charge in [0.15, 0.2) is 17.6 Å². The number of fused-ring (bicyclic) bond motifs is 1. The van der Waals surface area contributed by atoms with Crippen LogP contribution in [0.1, 0.15) is 40.0 Å². The number of nitrogens with zero attached hydrogens (tertiary/aromatic N) is 3. The normalized spacial score (nSPS) is 20.8. The van der Waals surface area contributed by atoms with Crippen LogP contribution in [0, 0.1) is 27.9 Å². The molecule has 1 aliphatic carbocycles. The fraction of sp³-hybridized carbons (Fsp3) is 0.462. The Bertz CT molecular complexity index is 1180. The zero-order chi connectivity index (χ0) is 23.7. The summed E-state index contributed by atoms with van der Waals surface area (Å²) in [6, 6.07) is 14.3. The zero-order valence-electron chi connectivity index (χ0n) is 19.7. The summed E-state index contributed by atoms with van der Waals surface area (Å²) in [5.74, 6) is 1.84. The number of carbonyl (C=O) groups excluding carboxylic acids is 1. The minimum atomic E-state index is -0.402. The molecule has 3 aromatic rings. The van der Waals surface area contributed by atoms with Crippen molar-refractivity contribution < 1.29 is 19.0 Å². The number of aryl methyl sites for hydroxylation is 1. The van der Waals surface area contributed by atoms with Crippen molar-refractivity contribution in [3.8, 4) is 11.4 Å². The van der Waals surface area contributed by atoms with Gasteiger partial charge < -0.3 is 4.74 Å². The quantitative estimate of drug-likeness (QED) is 0.228. The Morgan fingerprint density at radius 3 is 2.70 bits per heavy atom. The minimum absolute atomic E-state index is 0.0165. The van der Waals surface area contributed by atoms with Gasteiger partial charge in [-0.05, 0) is 48.8 Å². The molecule has 0 N–H and O–H groups in total. The number of imidazole rings is 1. The number of nitro benzene ring substituents is 1. The van der Waals surface area contributed by atoms with Crippen LogP contribution in [0.2, 0.25) is 0 Å². The first-order chi connectivity index (χ1) is 15.8. The third-order valence-electron chi connectivity index (χ3n) is 6.95. The van der Waals surface area contributed by atoms with Crippen LogP contribution < -0.4 is 4.57 Å². The summed E-state index contributed by atoms with van der Waals surface area (Å²) in [6.07, 6.45) is 3.08. The number of non-ortho nitro benzene ring substituents is 1. The highest BCUT2D eigenvalue weighted by molar-refractivity contribution is 5.80. The second-order valence-electron chi connectivity index (χ2n) is 9.62. The second-order valence-corrected chi connectivity index (χ2v) is 9.62. The largest absolute Gasteiger partial charge is 0.459 e. The smallest absolute Gasteiger partial charge is 0.348 e. The molecule has 1 heterocycles. The lowest BCUT2D eigenvalue weighted by Crippen LogP contribution is -2.37. The Morgan fingerprint density at radius 2 is 1.97 bits per heavy atom. The molecule has 1 saturated carbocycles. The molecule has 3 atom stereocenters. The second kappa shape index (κ2) is 9.33. The zero-order valence-corrected chi connectivity index (χ0v) is 19.7. The lowest BCUT2D eigenvalue weighted by molar-refractivity contribution is -0.634. The number of hydrogen-bond donors (Lipinski definition) is 0. The Balaban J connectivity index is 1.70. The van der Waals surface area contributed by atoms with Gasteiger partial charge in [-0.2, -0.15) is 0 Å².